The van der Waals surface area contributed by atoms with E-state index in [0.29, 0.717) is 5.75 Å². The van der Waals surface area contributed by atoms with E-state index in [9.17, 15) is 0 Å². The second-order valence-corrected chi connectivity index (χ2v) is 5.82. The van der Waals surface area contributed by atoms with Crippen molar-refractivity contribution in [2.45, 2.75) is 32.8 Å². The number of fused-ring (bicyclic) bond motifs is 1. The number of nitrogens with zero attached hydrogens (tertiary/aromatic N) is 1. The highest BCUT2D eigenvalue weighted by atomic mass is 16.5. The zero-order valence-corrected chi connectivity index (χ0v) is 12.6. The number of hydrogen-bond donors (Lipinski definition) is 1. The number of benzene rings is 1. The van der Waals surface area contributed by atoms with E-state index in [2.05, 4.69) is 30.2 Å². The van der Waals surface area contributed by atoms with E-state index in [4.69, 9.17) is 9.47 Å². The van der Waals surface area contributed by atoms with Crippen molar-refractivity contribution in [3.63, 3.8) is 0 Å². The highest BCUT2D eigenvalue weighted by Crippen LogP contribution is 2.43. The molecular weight excluding hydrogens is 264 g/mol. The van der Waals surface area contributed by atoms with Gasteiger partial charge in [-0.05, 0) is 26.8 Å². The van der Waals surface area contributed by atoms with Gasteiger partial charge in [-0.3, -0.25) is 4.98 Å². The van der Waals surface area contributed by atoms with Crippen LogP contribution in [0.15, 0.2) is 36.7 Å². The molecule has 0 aliphatic carbocycles. The zero-order valence-electron chi connectivity index (χ0n) is 12.6. The average molecular weight is 284 g/mol. The van der Waals surface area contributed by atoms with Crippen molar-refractivity contribution in [3.8, 4) is 17.2 Å². The van der Waals surface area contributed by atoms with Gasteiger partial charge in [-0.2, -0.15) is 0 Å². The Kier molecular flexibility index (Phi) is 3.45. The Labute approximate surface area is 125 Å². The van der Waals surface area contributed by atoms with E-state index >= 15 is 0 Å². The molecule has 0 radical (unpaired) electrons. The summed E-state index contributed by atoms with van der Waals surface area (Å²) in [6.45, 7) is 7.07. The topological polar surface area (TPSA) is 43.4 Å². The number of nitrogens with one attached hydrogen (secondary N) is 1. The van der Waals surface area contributed by atoms with Crippen LogP contribution < -0.4 is 14.8 Å². The number of para-hydroxylation sites is 1. The second-order valence-electron chi connectivity index (χ2n) is 5.82. The molecule has 0 fully saturated rings. The highest BCUT2D eigenvalue weighted by molar-refractivity contribution is 5.53. The van der Waals surface area contributed by atoms with Gasteiger partial charge in [-0.25, -0.2) is 0 Å². The molecule has 0 saturated heterocycles. The Morgan fingerprint density at radius 1 is 1.33 bits per heavy atom. The number of ether oxygens (including phenoxy) is 2. The maximum absolute atomic E-state index is 6.01. The smallest absolute Gasteiger partial charge is 0.169 e. The van der Waals surface area contributed by atoms with E-state index < -0.39 is 0 Å². The Morgan fingerprint density at radius 2 is 2.19 bits per heavy atom. The lowest BCUT2D eigenvalue weighted by Crippen LogP contribution is -2.24. The fourth-order valence-corrected chi connectivity index (χ4v) is 2.57. The zero-order chi connectivity index (χ0) is 14.9. The first-order valence-corrected chi connectivity index (χ1v) is 7.25. The van der Waals surface area contributed by atoms with Gasteiger partial charge in [-0.15, -0.1) is 0 Å². The van der Waals surface area contributed by atoms with Crippen LogP contribution >= 0.6 is 0 Å². The third-order valence-corrected chi connectivity index (χ3v) is 3.38. The van der Waals surface area contributed by atoms with E-state index in [1.165, 1.54) is 5.56 Å². The minimum atomic E-state index is -0.175. The van der Waals surface area contributed by atoms with E-state index in [-0.39, 0.29) is 5.60 Å². The standard InChI is InChI=1S/C17H20N2O2/c1-4-19-13-8-14(11-18-10-13)20-15-7-5-6-12-9-17(2,3)21-16(12)15/h5-8,10-11,19H,4,9H2,1-3H3. The fourth-order valence-electron chi connectivity index (χ4n) is 2.57. The van der Waals surface area contributed by atoms with Crippen molar-refractivity contribution >= 4 is 5.69 Å². The van der Waals surface area contributed by atoms with Crippen LogP contribution in [0.2, 0.25) is 0 Å². The van der Waals surface area contributed by atoms with Gasteiger partial charge in [0.1, 0.15) is 11.4 Å². The van der Waals surface area contributed by atoms with E-state index in [0.717, 1.165) is 30.2 Å². The van der Waals surface area contributed by atoms with Crippen molar-refractivity contribution in [3.05, 3.63) is 42.2 Å². The van der Waals surface area contributed by atoms with Crippen molar-refractivity contribution in [1.82, 2.24) is 4.98 Å². The van der Waals surface area contributed by atoms with Gasteiger partial charge < -0.3 is 14.8 Å². The summed E-state index contributed by atoms with van der Waals surface area (Å²) < 4.78 is 12.0. The predicted molar refractivity (Wildman–Crippen MR) is 83.3 cm³/mol. The summed E-state index contributed by atoms with van der Waals surface area (Å²) in [5.74, 6) is 2.29. The molecule has 1 aliphatic rings. The minimum Gasteiger partial charge on any atom is -0.483 e. The first kappa shape index (κ1) is 13.7. The maximum Gasteiger partial charge on any atom is 0.169 e. The molecule has 0 spiro atoms. The van der Waals surface area contributed by atoms with Gasteiger partial charge in [0.25, 0.3) is 0 Å². The number of rotatable bonds is 4. The number of anilines is 1. The van der Waals surface area contributed by atoms with Crippen LogP contribution in [-0.2, 0) is 6.42 Å². The molecule has 1 aromatic carbocycles. The molecule has 110 valence electrons. The first-order chi connectivity index (χ1) is 10.1. The molecule has 21 heavy (non-hydrogen) atoms. The molecule has 0 saturated carbocycles. The Morgan fingerprint density at radius 3 is 3.00 bits per heavy atom. The van der Waals surface area contributed by atoms with E-state index in [1.54, 1.807) is 12.4 Å². The average Bonchev–Trinajstić information content (AvgIpc) is 2.75. The van der Waals surface area contributed by atoms with Crippen LogP contribution in [0.5, 0.6) is 17.2 Å². The van der Waals surface area contributed by atoms with Gasteiger partial charge in [0.15, 0.2) is 11.5 Å². The van der Waals surface area contributed by atoms with Gasteiger partial charge >= 0.3 is 0 Å². The first-order valence-electron chi connectivity index (χ1n) is 7.25. The normalized spacial score (nSPS) is 15.2. The fraction of sp³-hybridized carbons (Fsp3) is 0.353. The molecule has 3 rings (SSSR count). The molecule has 0 amide bonds. The van der Waals surface area contributed by atoms with E-state index in [1.807, 2.05) is 25.1 Å². The lowest BCUT2D eigenvalue weighted by atomic mass is 10.0. The quantitative estimate of drug-likeness (QED) is 0.921. The summed E-state index contributed by atoms with van der Waals surface area (Å²) in [7, 11) is 0. The van der Waals surface area contributed by atoms with Gasteiger partial charge in [0, 0.05) is 24.6 Å². The van der Waals surface area contributed by atoms with Crippen LogP contribution in [0.4, 0.5) is 5.69 Å². The molecule has 1 aromatic heterocycles. The molecule has 0 atom stereocenters. The molecule has 0 bridgehead atoms. The third-order valence-electron chi connectivity index (χ3n) is 3.38. The van der Waals surface area contributed by atoms with Crippen molar-refractivity contribution in [2.75, 3.05) is 11.9 Å². The number of aromatic nitrogens is 1. The van der Waals surface area contributed by atoms with Crippen molar-refractivity contribution < 1.29 is 9.47 Å². The van der Waals surface area contributed by atoms with Gasteiger partial charge in [0.05, 0.1) is 18.1 Å². The SMILES string of the molecule is CCNc1cncc(Oc2cccc3c2OC(C)(C)C3)c1. The predicted octanol–water partition coefficient (Wildman–Crippen LogP) is 4.02. The van der Waals surface area contributed by atoms with Crippen LogP contribution in [0.3, 0.4) is 0 Å². The van der Waals surface area contributed by atoms with Crippen LogP contribution in [-0.4, -0.2) is 17.1 Å². The molecular formula is C17H20N2O2. The summed E-state index contributed by atoms with van der Waals surface area (Å²) in [6, 6.07) is 7.96. The second kappa shape index (κ2) is 5.28. The largest absolute Gasteiger partial charge is 0.483 e. The summed E-state index contributed by atoms with van der Waals surface area (Å²) in [4.78, 5) is 4.19. The highest BCUT2D eigenvalue weighted by Gasteiger charge is 2.32. The Bertz CT molecular complexity index is 653. The molecule has 2 heterocycles. The van der Waals surface area contributed by atoms with Crippen LogP contribution in [0, 0.1) is 0 Å². The summed E-state index contributed by atoms with van der Waals surface area (Å²) in [5, 5.41) is 3.23. The van der Waals surface area contributed by atoms with Gasteiger partial charge in [0.2, 0.25) is 0 Å². The molecule has 0 unspecified atom stereocenters. The van der Waals surface area contributed by atoms with Crippen LogP contribution in [0.25, 0.3) is 0 Å². The number of hydrogen-bond acceptors (Lipinski definition) is 4. The molecule has 1 aliphatic heterocycles. The monoisotopic (exact) mass is 284 g/mol. The van der Waals surface area contributed by atoms with Crippen LogP contribution in [0.1, 0.15) is 26.3 Å². The summed E-state index contributed by atoms with van der Waals surface area (Å²) >= 11 is 0. The number of pyridine rings is 1. The van der Waals surface area contributed by atoms with Gasteiger partial charge in [-0.1, -0.05) is 12.1 Å². The Hall–Kier alpha value is -2.23. The molecule has 1 N–H and O–H groups in total. The van der Waals surface area contributed by atoms with Crippen molar-refractivity contribution in [1.29, 1.82) is 0 Å². The minimum absolute atomic E-state index is 0.175. The summed E-state index contributed by atoms with van der Waals surface area (Å²) in [5.41, 5.74) is 1.96. The van der Waals surface area contributed by atoms with Crippen molar-refractivity contribution in [2.24, 2.45) is 0 Å². The third kappa shape index (κ3) is 2.94. The molecule has 4 nitrogen and oxygen atoms in total. The Balaban J connectivity index is 1.87. The lowest BCUT2D eigenvalue weighted by Gasteiger charge is -2.18. The molecule has 2 aromatic rings. The lowest BCUT2D eigenvalue weighted by molar-refractivity contribution is 0.135. The molecule has 4 heteroatoms. The maximum atomic E-state index is 6.01. The summed E-state index contributed by atoms with van der Waals surface area (Å²) in [6.07, 6.45) is 4.39.